The van der Waals surface area contributed by atoms with Crippen molar-refractivity contribution in [2.75, 3.05) is 0 Å². The minimum atomic E-state index is 0.263. The molecule has 7 rings (SSSR count). The first-order valence-corrected chi connectivity index (χ1v) is 19.3. The molecule has 1 aliphatic rings. The smallest absolute Gasteiger partial charge is 0.137 e. The number of aryl methyl sites for hydroxylation is 1. The van der Waals surface area contributed by atoms with E-state index in [1.54, 1.807) is 0 Å². The zero-order chi connectivity index (χ0) is 37.1. The lowest BCUT2D eigenvalue weighted by Crippen LogP contribution is -2.28. The second kappa shape index (κ2) is 13.7. The Morgan fingerprint density at radius 2 is 1.60 bits per heavy atom. The summed E-state index contributed by atoms with van der Waals surface area (Å²) in [5.41, 5.74) is 11.2. The average Bonchev–Trinajstić information content (AvgIpc) is 3.56. The molecule has 1 aliphatic carbocycles. The molecule has 0 aliphatic heterocycles. The summed E-state index contributed by atoms with van der Waals surface area (Å²) < 4.78 is 11.2. The van der Waals surface area contributed by atoms with Crippen LogP contribution in [-0.2, 0) is 6.42 Å². The number of para-hydroxylation sites is 1. The second-order valence-corrected chi connectivity index (χ2v) is 17.2. The number of allylic oxidation sites excluding steroid dienone is 2. The number of fused-ring (bicyclic) bond motifs is 3. The Balaban J connectivity index is 1.29. The Hall–Kier alpha value is -4.64. The van der Waals surface area contributed by atoms with Crippen LogP contribution in [0.2, 0.25) is 0 Å². The molecule has 3 aromatic carbocycles. The summed E-state index contributed by atoms with van der Waals surface area (Å²) in [5, 5.41) is 7.59. The monoisotopic (exact) mass is 692 g/mol. The van der Waals surface area contributed by atoms with Crippen LogP contribution in [0.15, 0.2) is 90.6 Å². The van der Waals surface area contributed by atoms with Crippen molar-refractivity contribution in [2.45, 2.75) is 101 Å². The molecule has 5 heteroatoms. The number of hydrogen-bond acceptors (Lipinski definition) is 3. The second-order valence-electron chi connectivity index (χ2n) is 17.2. The normalized spacial score (nSPS) is 18.2. The standard InChI is InChI=1S/C47H56N4O/c1-28(2)20-34-18-19-48-44(23-34)50-42-15-13-12-14-40(42)41-17-16-38(27-43(41)50)52-39-25-35(29(3)4)24-37(26-39)51-33(8)46(32(7)49-51)45-30(5)21-36(22-31(45)6)47(9,10)11/h12-19,21,23-29,31,36,45H,20,22H2,1-11H3/t31-,36-,45?/m0/s1. The Morgan fingerprint density at radius 1 is 0.846 bits per heavy atom. The molecule has 0 fully saturated rings. The zero-order valence-electron chi connectivity index (χ0n) is 33.1. The third kappa shape index (κ3) is 6.71. The van der Waals surface area contributed by atoms with Crippen LogP contribution in [0.25, 0.3) is 33.3 Å². The molecule has 1 unspecified atom stereocenters. The van der Waals surface area contributed by atoms with Crippen LogP contribution >= 0.6 is 0 Å². The molecule has 0 amide bonds. The van der Waals surface area contributed by atoms with Gasteiger partial charge in [0.05, 0.1) is 22.4 Å². The van der Waals surface area contributed by atoms with Crippen molar-refractivity contribution in [1.29, 1.82) is 0 Å². The molecule has 3 aromatic heterocycles. The largest absolute Gasteiger partial charge is 0.457 e. The molecule has 0 N–H and O–H groups in total. The SMILES string of the molecule is CC1=C[C@H](C(C)(C)C)C[C@H](C)C1c1c(C)nn(-c2cc(Oc3ccc4c5ccccc5n(-c5cc(CC(C)C)ccn5)c4c3)cc(C(C)C)c2)c1C. The zero-order valence-corrected chi connectivity index (χ0v) is 33.1. The van der Waals surface area contributed by atoms with Gasteiger partial charge in [-0.2, -0.15) is 5.10 Å². The Bertz CT molecular complexity index is 2290. The van der Waals surface area contributed by atoms with Crippen molar-refractivity contribution in [3.63, 3.8) is 0 Å². The highest BCUT2D eigenvalue weighted by Crippen LogP contribution is 2.47. The lowest BCUT2D eigenvalue weighted by molar-refractivity contribution is 0.224. The van der Waals surface area contributed by atoms with Crippen molar-refractivity contribution in [2.24, 2.45) is 23.2 Å². The van der Waals surface area contributed by atoms with E-state index >= 15 is 0 Å². The summed E-state index contributed by atoms with van der Waals surface area (Å²) in [4.78, 5) is 4.86. The van der Waals surface area contributed by atoms with Gasteiger partial charge < -0.3 is 4.74 Å². The summed E-state index contributed by atoms with van der Waals surface area (Å²) in [6, 6.07) is 26.0. The van der Waals surface area contributed by atoms with Gasteiger partial charge >= 0.3 is 0 Å². The quantitative estimate of drug-likeness (QED) is 0.149. The number of pyridine rings is 1. The lowest BCUT2D eigenvalue weighted by atomic mass is 9.65. The van der Waals surface area contributed by atoms with Crippen LogP contribution in [0, 0.1) is 37.0 Å². The minimum Gasteiger partial charge on any atom is -0.457 e. The first-order chi connectivity index (χ1) is 24.7. The third-order valence-electron chi connectivity index (χ3n) is 11.3. The van der Waals surface area contributed by atoms with E-state index in [-0.39, 0.29) is 5.41 Å². The molecule has 0 saturated heterocycles. The molecule has 6 aromatic rings. The molecule has 52 heavy (non-hydrogen) atoms. The van der Waals surface area contributed by atoms with E-state index in [4.69, 9.17) is 14.8 Å². The molecular formula is C47H56N4O. The van der Waals surface area contributed by atoms with Crippen molar-refractivity contribution in [3.05, 3.63) is 119 Å². The van der Waals surface area contributed by atoms with Gasteiger partial charge in [-0.25, -0.2) is 9.67 Å². The maximum atomic E-state index is 6.79. The molecule has 0 radical (unpaired) electrons. The van der Waals surface area contributed by atoms with Gasteiger partial charge in [0.2, 0.25) is 0 Å². The molecule has 3 atom stereocenters. The van der Waals surface area contributed by atoms with E-state index in [1.165, 1.54) is 45.2 Å². The first-order valence-electron chi connectivity index (χ1n) is 19.3. The van der Waals surface area contributed by atoms with Gasteiger partial charge in [-0.1, -0.05) is 85.2 Å². The van der Waals surface area contributed by atoms with Crippen molar-refractivity contribution < 1.29 is 4.74 Å². The van der Waals surface area contributed by atoms with Gasteiger partial charge in [-0.05, 0) is 116 Å². The Kier molecular flexibility index (Phi) is 9.44. The molecule has 0 bridgehead atoms. The van der Waals surface area contributed by atoms with Gasteiger partial charge in [0.1, 0.15) is 17.3 Å². The van der Waals surface area contributed by atoms with Crippen LogP contribution in [0.4, 0.5) is 0 Å². The fourth-order valence-electron chi connectivity index (χ4n) is 8.64. The molecule has 3 heterocycles. The first kappa shape index (κ1) is 35.7. The lowest BCUT2D eigenvalue weighted by Gasteiger charge is -2.39. The van der Waals surface area contributed by atoms with Crippen molar-refractivity contribution in [1.82, 2.24) is 19.3 Å². The number of hydrogen-bond donors (Lipinski definition) is 0. The predicted molar refractivity (Wildman–Crippen MR) is 218 cm³/mol. The Morgan fingerprint density at radius 3 is 2.31 bits per heavy atom. The number of ether oxygens (including phenoxy) is 1. The van der Waals surface area contributed by atoms with Gasteiger partial charge in [0.15, 0.2) is 0 Å². The van der Waals surface area contributed by atoms with Gasteiger partial charge in [-0.3, -0.25) is 4.57 Å². The van der Waals surface area contributed by atoms with E-state index < -0.39 is 0 Å². The maximum absolute atomic E-state index is 6.79. The molecule has 0 spiro atoms. The molecular weight excluding hydrogens is 637 g/mol. The summed E-state index contributed by atoms with van der Waals surface area (Å²) in [6.07, 6.45) is 6.69. The van der Waals surface area contributed by atoms with Gasteiger partial charge in [-0.15, -0.1) is 0 Å². The molecule has 0 saturated carbocycles. The summed E-state index contributed by atoms with van der Waals surface area (Å²) >= 11 is 0. The number of benzene rings is 3. The highest BCUT2D eigenvalue weighted by atomic mass is 16.5. The molecule has 270 valence electrons. The summed E-state index contributed by atoms with van der Waals surface area (Å²) in [7, 11) is 0. The minimum absolute atomic E-state index is 0.263. The topological polar surface area (TPSA) is 44.9 Å². The highest BCUT2D eigenvalue weighted by molar-refractivity contribution is 6.09. The van der Waals surface area contributed by atoms with Crippen LogP contribution < -0.4 is 4.74 Å². The van der Waals surface area contributed by atoms with E-state index in [9.17, 15) is 0 Å². The number of rotatable bonds is 8. The summed E-state index contributed by atoms with van der Waals surface area (Å²) in [6.45, 7) is 25.3. The fourth-order valence-corrected chi connectivity index (χ4v) is 8.64. The van der Waals surface area contributed by atoms with Gasteiger partial charge in [0, 0.05) is 46.3 Å². The van der Waals surface area contributed by atoms with E-state index in [0.717, 1.165) is 46.2 Å². The average molecular weight is 693 g/mol. The van der Waals surface area contributed by atoms with Crippen LogP contribution in [0.3, 0.4) is 0 Å². The number of nitrogens with zero attached hydrogens (tertiary/aromatic N) is 4. The van der Waals surface area contributed by atoms with Crippen LogP contribution in [0.5, 0.6) is 11.5 Å². The Labute approximate surface area is 310 Å². The van der Waals surface area contributed by atoms with Crippen LogP contribution in [0.1, 0.15) is 109 Å². The van der Waals surface area contributed by atoms with Crippen molar-refractivity contribution in [3.8, 4) is 23.0 Å². The van der Waals surface area contributed by atoms with Crippen LogP contribution in [-0.4, -0.2) is 19.3 Å². The summed E-state index contributed by atoms with van der Waals surface area (Å²) in [5.74, 6) is 4.93. The van der Waals surface area contributed by atoms with E-state index in [0.29, 0.717) is 29.6 Å². The van der Waals surface area contributed by atoms with Crippen molar-refractivity contribution >= 4 is 21.8 Å². The third-order valence-corrected chi connectivity index (χ3v) is 11.3. The van der Waals surface area contributed by atoms with Gasteiger partial charge in [0.25, 0.3) is 0 Å². The fraction of sp³-hybridized carbons (Fsp3) is 0.404. The predicted octanol–water partition coefficient (Wildman–Crippen LogP) is 12.8. The van der Waals surface area contributed by atoms with E-state index in [2.05, 4.69) is 164 Å². The maximum Gasteiger partial charge on any atom is 0.137 e. The number of aromatic nitrogens is 4. The van der Waals surface area contributed by atoms with E-state index in [1.807, 2.05) is 6.20 Å². The molecule has 5 nitrogen and oxygen atoms in total. The highest BCUT2D eigenvalue weighted by Gasteiger charge is 2.36.